The standard InChI is InChI=1S/C25H33Cl2N3O5S/c1-5-28-25(32)18(3)29(17-19-20(26)11-9-12-21(19)27)24(31)15-10-16-30(36(4,33)34)22-13-7-8-14-23(22)35-6-2/h7-9,11-14,18H,5-6,10,15-17H2,1-4H3,(H,28,32)/t18-/m0/s1. The second kappa shape index (κ2) is 13.7. The summed E-state index contributed by atoms with van der Waals surface area (Å²) in [5, 5.41) is 3.51. The first-order valence-corrected chi connectivity index (χ1v) is 14.3. The van der Waals surface area contributed by atoms with Crippen molar-refractivity contribution in [1.29, 1.82) is 0 Å². The fourth-order valence-corrected chi connectivity index (χ4v) is 5.17. The number of benzene rings is 2. The molecule has 0 fully saturated rings. The van der Waals surface area contributed by atoms with Gasteiger partial charge in [-0.1, -0.05) is 41.4 Å². The molecule has 1 N–H and O–H groups in total. The smallest absolute Gasteiger partial charge is 0.242 e. The molecule has 0 bridgehead atoms. The zero-order valence-electron chi connectivity index (χ0n) is 21.0. The minimum absolute atomic E-state index is 0.00857. The monoisotopic (exact) mass is 557 g/mol. The van der Waals surface area contributed by atoms with Gasteiger partial charge in [0.1, 0.15) is 11.8 Å². The van der Waals surface area contributed by atoms with Gasteiger partial charge in [0.05, 0.1) is 18.6 Å². The third kappa shape index (κ3) is 8.01. The number of carbonyl (C=O) groups is 2. The van der Waals surface area contributed by atoms with E-state index in [2.05, 4.69) is 5.32 Å². The SMILES string of the molecule is CCNC(=O)[C@H](C)N(Cc1c(Cl)cccc1Cl)C(=O)CCCN(c1ccccc1OCC)S(C)(=O)=O. The molecule has 0 radical (unpaired) electrons. The Bertz CT molecular complexity index is 1140. The summed E-state index contributed by atoms with van der Waals surface area (Å²) in [6, 6.07) is 11.1. The molecule has 0 aliphatic rings. The Hall–Kier alpha value is -2.49. The van der Waals surface area contributed by atoms with Crippen LogP contribution in [-0.2, 0) is 26.2 Å². The quantitative estimate of drug-likeness (QED) is 0.391. The number of hydrogen-bond acceptors (Lipinski definition) is 5. The Balaban J connectivity index is 2.24. The molecule has 0 aliphatic heterocycles. The fourth-order valence-electron chi connectivity index (χ4n) is 3.68. The van der Waals surface area contributed by atoms with E-state index in [-0.39, 0.29) is 37.7 Å². The molecule has 2 amide bonds. The van der Waals surface area contributed by atoms with Crippen LogP contribution >= 0.6 is 23.2 Å². The Morgan fingerprint density at radius 3 is 2.28 bits per heavy atom. The number of halogens is 2. The molecule has 0 saturated carbocycles. The zero-order chi connectivity index (χ0) is 26.9. The summed E-state index contributed by atoms with van der Waals surface area (Å²) in [6.07, 6.45) is 1.34. The van der Waals surface area contributed by atoms with Crippen molar-refractivity contribution in [2.75, 3.05) is 30.3 Å². The highest BCUT2D eigenvalue weighted by atomic mass is 35.5. The Morgan fingerprint density at radius 2 is 1.69 bits per heavy atom. The van der Waals surface area contributed by atoms with Gasteiger partial charge in [0.25, 0.3) is 0 Å². The molecule has 0 heterocycles. The van der Waals surface area contributed by atoms with Crippen molar-refractivity contribution >= 4 is 50.7 Å². The van der Waals surface area contributed by atoms with E-state index in [0.29, 0.717) is 40.2 Å². The van der Waals surface area contributed by atoms with Crippen LogP contribution in [0.4, 0.5) is 5.69 Å². The van der Waals surface area contributed by atoms with Crippen LogP contribution in [0.5, 0.6) is 5.75 Å². The Morgan fingerprint density at radius 1 is 1.06 bits per heavy atom. The van der Waals surface area contributed by atoms with E-state index in [1.165, 1.54) is 9.21 Å². The third-order valence-electron chi connectivity index (χ3n) is 5.49. The van der Waals surface area contributed by atoms with Crippen molar-refractivity contribution in [3.63, 3.8) is 0 Å². The summed E-state index contributed by atoms with van der Waals surface area (Å²) in [6.45, 7) is 6.14. The molecule has 198 valence electrons. The van der Waals surface area contributed by atoms with Crippen LogP contribution in [0.15, 0.2) is 42.5 Å². The molecule has 36 heavy (non-hydrogen) atoms. The molecule has 0 aromatic heterocycles. The van der Waals surface area contributed by atoms with E-state index in [9.17, 15) is 18.0 Å². The molecular weight excluding hydrogens is 525 g/mol. The first-order valence-electron chi connectivity index (χ1n) is 11.7. The molecule has 1 atom stereocenters. The topological polar surface area (TPSA) is 96.0 Å². The van der Waals surface area contributed by atoms with Gasteiger partial charge in [-0.25, -0.2) is 8.42 Å². The fraction of sp³-hybridized carbons (Fsp3) is 0.440. The van der Waals surface area contributed by atoms with Gasteiger partial charge >= 0.3 is 0 Å². The van der Waals surface area contributed by atoms with Gasteiger partial charge in [0.15, 0.2) is 0 Å². The summed E-state index contributed by atoms with van der Waals surface area (Å²) in [7, 11) is -3.64. The van der Waals surface area contributed by atoms with Crippen LogP contribution in [0.1, 0.15) is 39.2 Å². The normalized spacial score (nSPS) is 12.1. The van der Waals surface area contributed by atoms with Crippen molar-refractivity contribution in [3.8, 4) is 5.75 Å². The molecule has 2 aromatic rings. The predicted octanol–water partition coefficient (Wildman–Crippen LogP) is 4.49. The molecule has 0 saturated heterocycles. The molecular formula is C25H33Cl2N3O5S. The number of hydrogen-bond donors (Lipinski definition) is 1. The molecule has 0 spiro atoms. The number of likely N-dealkylation sites (N-methyl/N-ethyl adjacent to an activating group) is 1. The summed E-state index contributed by atoms with van der Waals surface area (Å²) >= 11 is 12.6. The van der Waals surface area contributed by atoms with Crippen LogP contribution in [0.3, 0.4) is 0 Å². The van der Waals surface area contributed by atoms with Gasteiger partial charge in [0.2, 0.25) is 21.8 Å². The van der Waals surface area contributed by atoms with Crippen LogP contribution in [0.25, 0.3) is 0 Å². The maximum absolute atomic E-state index is 13.3. The van der Waals surface area contributed by atoms with Crippen molar-refractivity contribution in [1.82, 2.24) is 10.2 Å². The summed E-state index contributed by atoms with van der Waals surface area (Å²) < 4.78 is 32.0. The van der Waals surface area contributed by atoms with E-state index in [0.717, 1.165) is 6.26 Å². The lowest BCUT2D eigenvalue weighted by Gasteiger charge is -2.30. The second-order valence-electron chi connectivity index (χ2n) is 8.13. The number of sulfonamides is 1. The molecule has 0 unspecified atom stereocenters. The first-order chi connectivity index (χ1) is 17.0. The van der Waals surface area contributed by atoms with E-state index >= 15 is 0 Å². The van der Waals surface area contributed by atoms with E-state index < -0.39 is 16.1 Å². The highest BCUT2D eigenvalue weighted by Gasteiger charge is 2.28. The van der Waals surface area contributed by atoms with Gasteiger partial charge < -0.3 is 15.0 Å². The number of rotatable bonds is 13. The predicted molar refractivity (Wildman–Crippen MR) is 144 cm³/mol. The maximum Gasteiger partial charge on any atom is 0.242 e. The summed E-state index contributed by atoms with van der Waals surface area (Å²) in [5.74, 6) is -0.190. The van der Waals surface area contributed by atoms with Crippen molar-refractivity contribution in [2.24, 2.45) is 0 Å². The third-order valence-corrected chi connectivity index (χ3v) is 7.38. The number of ether oxygens (including phenoxy) is 1. The highest BCUT2D eigenvalue weighted by molar-refractivity contribution is 7.92. The lowest BCUT2D eigenvalue weighted by Crippen LogP contribution is -2.47. The molecule has 2 rings (SSSR count). The maximum atomic E-state index is 13.3. The van der Waals surface area contributed by atoms with E-state index in [4.69, 9.17) is 27.9 Å². The molecule has 11 heteroatoms. The zero-order valence-corrected chi connectivity index (χ0v) is 23.3. The van der Waals surface area contributed by atoms with Crippen LogP contribution in [0, 0.1) is 0 Å². The van der Waals surface area contributed by atoms with E-state index in [1.807, 2.05) is 6.92 Å². The van der Waals surface area contributed by atoms with Crippen molar-refractivity contribution in [3.05, 3.63) is 58.1 Å². The number of para-hydroxylation sites is 2. The number of amides is 2. The van der Waals surface area contributed by atoms with Crippen LogP contribution in [-0.4, -0.2) is 57.1 Å². The minimum Gasteiger partial charge on any atom is -0.492 e. The number of anilines is 1. The Labute approximate surface area is 223 Å². The average molecular weight is 559 g/mol. The largest absolute Gasteiger partial charge is 0.492 e. The van der Waals surface area contributed by atoms with E-state index in [1.54, 1.807) is 56.3 Å². The summed E-state index contributed by atoms with van der Waals surface area (Å²) in [4.78, 5) is 27.3. The van der Waals surface area contributed by atoms with Gasteiger partial charge in [-0.15, -0.1) is 0 Å². The number of nitrogens with zero attached hydrogens (tertiary/aromatic N) is 2. The van der Waals surface area contributed by atoms with Crippen molar-refractivity contribution in [2.45, 2.75) is 46.2 Å². The van der Waals surface area contributed by atoms with Crippen molar-refractivity contribution < 1.29 is 22.7 Å². The minimum atomic E-state index is -3.64. The lowest BCUT2D eigenvalue weighted by molar-refractivity contribution is -0.140. The van der Waals surface area contributed by atoms with Gasteiger partial charge in [0, 0.05) is 41.7 Å². The Kier molecular flexibility index (Phi) is 11.3. The van der Waals surface area contributed by atoms with Gasteiger partial charge in [-0.05, 0) is 51.5 Å². The highest BCUT2D eigenvalue weighted by Crippen LogP contribution is 2.30. The molecule has 2 aromatic carbocycles. The molecule has 0 aliphatic carbocycles. The second-order valence-corrected chi connectivity index (χ2v) is 10.9. The van der Waals surface area contributed by atoms with Gasteiger partial charge in [-0.2, -0.15) is 0 Å². The number of nitrogens with one attached hydrogen (secondary N) is 1. The first kappa shape index (κ1) is 29.7. The average Bonchev–Trinajstić information content (AvgIpc) is 2.81. The lowest BCUT2D eigenvalue weighted by atomic mass is 10.1. The summed E-state index contributed by atoms with van der Waals surface area (Å²) in [5.41, 5.74) is 0.943. The number of carbonyl (C=O) groups excluding carboxylic acids is 2. The van der Waals surface area contributed by atoms with Gasteiger partial charge in [-0.3, -0.25) is 13.9 Å². The van der Waals surface area contributed by atoms with Crippen LogP contribution in [0.2, 0.25) is 10.0 Å². The van der Waals surface area contributed by atoms with Crippen LogP contribution < -0.4 is 14.4 Å². The molecule has 8 nitrogen and oxygen atoms in total.